The standard InChI is InChI=1S/C14H20N2O3/c1-9(17)16-6-4-5-12(15)11-7-10(18-2)8-13(19-3)14(11)16/h7-8,12H,4-6,15H2,1-3H3. The maximum Gasteiger partial charge on any atom is 0.223 e. The van der Waals surface area contributed by atoms with E-state index in [0.29, 0.717) is 18.0 Å². The zero-order chi connectivity index (χ0) is 14.0. The molecule has 1 heterocycles. The van der Waals surface area contributed by atoms with Crippen LogP contribution in [0.4, 0.5) is 5.69 Å². The van der Waals surface area contributed by atoms with Gasteiger partial charge in [-0.15, -0.1) is 0 Å². The topological polar surface area (TPSA) is 64.8 Å². The number of carbonyl (C=O) groups is 1. The highest BCUT2D eigenvalue weighted by molar-refractivity contribution is 5.94. The number of benzene rings is 1. The largest absolute Gasteiger partial charge is 0.497 e. The highest BCUT2D eigenvalue weighted by Gasteiger charge is 2.27. The molecule has 0 fully saturated rings. The van der Waals surface area contributed by atoms with Crippen molar-refractivity contribution in [3.05, 3.63) is 17.7 Å². The molecule has 1 aromatic carbocycles. The smallest absolute Gasteiger partial charge is 0.223 e. The molecule has 0 aliphatic carbocycles. The Kier molecular flexibility index (Phi) is 3.95. The summed E-state index contributed by atoms with van der Waals surface area (Å²) in [6.07, 6.45) is 1.72. The molecule has 2 rings (SSSR count). The summed E-state index contributed by atoms with van der Waals surface area (Å²) in [6, 6.07) is 3.57. The molecule has 5 heteroatoms. The molecule has 104 valence electrons. The lowest BCUT2D eigenvalue weighted by molar-refractivity contribution is -0.116. The van der Waals surface area contributed by atoms with E-state index in [-0.39, 0.29) is 11.9 Å². The highest BCUT2D eigenvalue weighted by Crippen LogP contribution is 2.41. The van der Waals surface area contributed by atoms with Crippen LogP contribution in [0.2, 0.25) is 0 Å². The Balaban J connectivity index is 2.64. The van der Waals surface area contributed by atoms with E-state index in [1.807, 2.05) is 6.07 Å². The lowest BCUT2D eigenvalue weighted by Crippen LogP contribution is -2.29. The number of nitrogens with two attached hydrogens (primary N) is 1. The Morgan fingerprint density at radius 1 is 1.37 bits per heavy atom. The second kappa shape index (κ2) is 5.48. The van der Waals surface area contributed by atoms with E-state index in [9.17, 15) is 4.79 Å². The van der Waals surface area contributed by atoms with Gasteiger partial charge in [-0.05, 0) is 18.9 Å². The fourth-order valence-electron chi connectivity index (χ4n) is 2.50. The number of amides is 1. The van der Waals surface area contributed by atoms with Gasteiger partial charge in [0, 0.05) is 31.1 Å². The summed E-state index contributed by atoms with van der Waals surface area (Å²) < 4.78 is 10.7. The van der Waals surface area contributed by atoms with Gasteiger partial charge in [-0.2, -0.15) is 0 Å². The summed E-state index contributed by atoms with van der Waals surface area (Å²) in [5.74, 6) is 1.32. The fraction of sp³-hybridized carbons (Fsp3) is 0.500. The van der Waals surface area contributed by atoms with E-state index in [4.69, 9.17) is 15.2 Å². The maximum atomic E-state index is 11.8. The number of ether oxygens (including phenoxy) is 2. The number of fused-ring (bicyclic) bond motifs is 1. The van der Waals surface area contributed by atoms with Crippen molar-refractivity contribution in [3.63, 3.8) is 0 Å². The van der Waals surface area contributed by atoms with Gasteiger partial charge in [-0.1, -0.05) is 0 Å². The second-order valence-corrected chi connectivity index (χ2v) is 4.69. The molecule has 19 heavy (non-hydrogen) atoms. The van der Waals surface area contributed by atoms with Crippen LogP contribution in [0.15, 0.2) is 12.1 Å². The van der Waals surface area contributed by atoms with Crippen LogP contribution in [0.1, 0.15) is 31.4 Å². The molecule has 1 aliphatic rings. The lowest BCUT2D eigenvalue weighted by atomic mass is 10.0. The number of nitrogens with zero attached hydrogens (tertiary/aromatic N) is 1. The van der Waals surface area contributed by atoms with Crippen LogP contribution in [0.5, 0.6) is 11.5 Å². The first-order chi connectivity index (χ1) is 9.08. The first kappa shape index (κ1) is 13.7. The third-order valence-electron chi connectivity index (χ3n) is 3.48. The van der Waals surface area contributed by atoms with Gasteiger partial charge in [-0.25, -0.2) is 0 Å². The van der Waals surface area contributed by atoms with Crippen molar-refractivity contribution in [1.29, 1.82) is 0 Å². The van der Waals surface area contributed by atoms with Gasteiger partial charge in [-0.3, -0.25) is 4.79 Å². The summed E-state index contributed by atoms with van der Waals surface area (Å²) in [4.78, 5) is 13.6. The average molecular weight is 264 g/mol. The first-order valence-electron chi connectivity index (χ1n) is 6.38. The SMILES string of the molecule is COc1cc(OC)c2c(c1)C(N)CCCN2C(C)=O. The fourth-order valence-corrected chi connectivity index (χ4v) is 2.50. The average Bonchev–Trinajstić information content (AvgIpc) is 2.57. The molecule has 0 saturated carbocycles. The molecule has 1 amide bonds. The van der Waals surface area contributed by atoms with E-state index in [1.165, 1.54) is 0 Å². The summed E-state index contributed by atoms with van der Waals surface area (Å²) >= 11 is 0. The predicted molar refractivity (Wildman–Crippen MR) is 73.7 cm³/mol. The van der Waals surface area contributed by atoms with Crippen molar-refractivity contribution in [2.75, 3.05) is 25.7 Å². The van der Waals surface area contributed by atoms with Gasteiger partial charge >= 0.3 is 0 Å². The van der Waals surface area contributed by atoms with Crippen molar-refractivity contribution in [3.8, 4) is 11.5 Å². The number of hydrogen-bond acceptors (Lipinski definition) is 4. The number of methoxy groups -OCH3 is 2. The Labute approximate surface area is 113 Å². The van der Waals surface area contributed by atoms with E-state index in [0.717, 1.165) is 24.1 Å². The molecule has 5 nitrogen and oxygen atoms in total. The molecule has 2 N–H and O–H groups in total. The Morgan fingerprint density at radius 2 is 2.11 bits per heavy atom. The van der Waals surface area contributed by atoms with E-state index in [1.54, 1.807) is 32.1 Å². The minimum atomic E-state index is -0.108. The molecule has 1 aromatic rings. The predicted octanol–water partition coefficient (Wildman–Crippen LogP) is 1.85. The molecule has 1 atom stereocenters. The van der Waals surface area contributed by atoms with Gasteiger partial charge in [0.1, 0.15) is 11.5 Å². The molecule has 1 aliphatic heterocycles. The second-order valence-electron chi connectivity index (χ2n) is 4.69. The molecule has 0 saturated heterocycles. The van der Waals surface area contributed by atoms with E-state index < -0.39 is 0 Å². The number of carbonyl (C=O) groups excluding carboxylic acids is 1. The summed E-state index contributed by atoms with van der Waals surface area (Å²) in [6.45, 7) is 2.23. The van der Waals surface area contributed by atoms with Crippen LogP contribution >= 0.6 is 0 Å². The highest BCUT2D eigenvalue weighted by atomic mass is 16.5. The molecule has 0 spiro atoms. The maximum absolute atomic E-state index is 11.8. The normalized spacial score (nSPS) is 18.5. The first-order valence-corrected chi connectivity index (χ1v) is 6.38. The van der Waals surface area contributed by atoms with Crippen LogP contribution in [0.3, 0.4) is 0 Å². The Hall–Kier alpha value is -1.75. The monoisotopic (exact) mass is 264 g/mol. The third-order valence-corrected chi connectivity index (χ3v) is 3.48. The summed E-state index contributed by atoms with van der Waals surface area (Å²) in [7, 11) is 3.19. The zero-order valence-corrected chi connectivity index (χ0v) is 11.6. The van der Waals surface area contributed by atoms with Crippen molar-refractivity contribution in [1.82, 2.24) is 0 Å². The van der Waals surface area contributed by atoms with Gasteiger partial charge in [0.05, 0.1) is 19.9 Å². The van der Waals surface area contributed by atoms with Crippen molar-refractivity contribution < 1.29 is 14.3 Å². The van der Waals surface area contributed by atoms with Crippen molar-refractivity contribution in [2.24, 2.45) is 5.73 Å². The molecule has 0 radical (unpaired) electrons. The number of rotatable bonds is 2. The van der Waals surface area contributed by atoms with Crippen LogP contribution in [0, 0.1) is 0 Å². The summed E-state index contributed by atoms with van der Waals surface area (Å²) in [5.41, 5.74) is 7.89. The van der Waals surface area contributed by atoms with Crippen LogP contribution in [0.25, 0.3) is 0 Å². The zero-order valence-electron chi connectivity index (χ0n) is 11.6. The van der Waals surface area contributed by atoms with Gasteiger partial charge in [0.15, 0.2) is 0 Å². The van der Waals surface area contributed by atoms with Gasteiger partial charge in [0.2, 0.25) is 5.91 Å². The Morgan fingerprint density at radius 3 is 2.68 bits per heavy atom. The minimum Gasteiger partial charge on any atom is -0.497 e. The van der Waals surface area contributed by atoms with E-state index in [2.05, 4.69) is 0 Å². The molecule has 1 unspecified atom stereocenters. The molecular formula is C14H20N2O3. The third kappa shape index (κ3) is 2.51. The summed E-state index contributed by atoms with van der Waals surface area (Å²) in [5, 5.41) is 0. The number of anilines is 1. The van der Waals surface area contributed by atoms with Gasteiger partial charge < -0.3 is 20.1 Å². The Bertz CT molecular complexity index is 488. The lowest BCUT2D eigenvalue weighted by Gasteiger charge is -2.25. The molecular weight excluding hydrogens is 244 g/mol. The van der Waals surface area contributed by atoms with Crippen LogP contribution in [-0.2, 0) is 4.79 Å². The quantitative estimate of drug-likeness (QED) is 0.885. The van der Waals surface area contributed by atoms with E-state index >= 15 is 0 Å². The van der Waals surface area contributed by atoms with Crippen LogP contribution < -0.4 is 20.1 Å². The molecule has 0 bridgehead atoms. The number of hydrogen-bond donors (Lipinski definition) is 1. The van der Waals surface area contributed by atoms with Gasteiger partial charge in [0.25, 0.3) is 0 Å². The molecule has 0 aromatic heterocycles. The van der Waals surface area contributed by atoms with Crippen LogP contribution in [-0.4, -0.2) is 26.7 Å². The van der Waals surface area contributed by atoms with Crippen molar-refractivity contribution >= 4 is 11.6 Å². The minimum absolute atomic E-state index is 0.00110. The van der Waals surface area contributed by atoms with Crippen molar-refractivity contribution in [2.45, 2.75) is 25.8 Å².